The number of sulfonamides is 1. The van der Waals surface area contributed by atoms with Crippen molar-refractivity contribution in [2.45, 2.75) is 42.4 Å². The lowest BCUT2D eigenvalue weighted by molar-refractivity contribution is -0.146. The molecular weight excluding hydrogens is 564 g/mol. The minimum Gasteiger partial charge on any atom is -0.497 e. The van der Waals surface area contributed by atoms with Crippen molar-refractivity contribution in [3.05, 3.63) is 70.4 Å². The lowest BCUT2D eigenvalue weighted by Crippen LogP contribution is -2.38. The maximum absolute atomic E-state index is 13.1. The zero-order chi connectivity index (χ0) is 26.4. The quantitative estimate of drug-likeness (QED) is 0.388. The Morgan fingerprint density at radius 1 is 1.14 bits per heavy atom. The van der Waals surface area contributed by atoms with Crippen molar-refractivity contribution in [1.82, 2.24) is 9.62 Å². The van der Waals surface area contributed by atoms with Crippen LogP contribution in [-0.4, -0.2) is 69.5 Å². The largest absolute Gasteiger partial charge is 0.497 e. The summed E-state index contributed by atoms with van der Waals surface area (Å²) >= 11 is 3.44. The number of hydrogen-bond donors (Lipinski definition) is 2. The van der Waals surface area contributed by atoms with Crippen molar-refractivity contribution in [2.24, 2.45) is 0 Å². The van der Waals surface area contributed by atoms with E-state index in [9.17, 15) is 18.3 Å². The van der Waals surface area contributed by atoms with Crippen molar-refractivity contribution in [3.63, 3.8) is 0 Å². The lowest BCUT2D eigenvalue weighted by Gasteiger charge is -2.30. The summed E-state index contributed by atoms with van der Waals surface area (Å²) in [6, 6.07) is 14.1. The second kappa shape index (κ2) is 12.4. The molecule has 11 heteroatoms. The Morgan fingerprint density at radius 2 is 1.84 bits per heavy atom. The molecule has 1 aliphatic heterocycles. The first-order valence-electron chi connectivity index (χ1n) is 12.1. The SMILES string of the molecule is COc1ccc(S(=O)(=O)N(CCO)CCO[C@H]2C[C@@H](c3ccc(Br)cc3)C=C(C(=O)NC3CC3)O2)cc1. The number of amides is 1. The molecule has 200 valence electrons. The Labute approximate surface area is 225 Å². The summed E-state index contributed by atoms with van der Waals surface area (Å²) in [5.74, 6) is 0.361. The highest BCUT2D eigenvalue weighted by Gasteiger charge is 2.32. The van der Waals surface area contributed by atoms with Crippen LogP contribution < -0.4 is 10.1 Å². The summed E-state index contributed by atoms with van der Waals surface area (Å²) in [5.41, 5.74) is 1.01. The van der Waals surface area contributed by atoms with Crippen molar-refractivity contribution >= 4 is 31.9 Å². The Morgan fingerprint density at radius 3 is 2.46 bits per heavy atom. The van der Waals surface area contributed by atoms with Crippen LogP contribution in [0.4, 0.5) is 0 Å². The highest BCUT2D eigenvalue weighted by molar-refractivity contribution is 9.10. The van der Waals surface area contributed by atoms with Crippen LogP contribution in [-0.2, 0) is 24.3 Å². The highest BCUT2D eigenvalue weighted by Crippen LogP contribution is 2.33. The Balaban J connectivity index is 1.43. The minimum atomic E-state index is -3.86. The Hall–Kier alpha value is -2.44. The van der Waals surface area contributed by atoms with Crippen LogP contribution >= 0.6 is 15.9 Å². The summed E-state index contributed by atoms with van der Waals surface area (Å²) in [6.45, 7) is -0.398. The molecule has 0 radical (unpaired) electrons. The molecule has 4 rings (SSSR count). The number of benzene rings is 2. The van der Waals surface area contributed by atoms with Crippen molar-refractivity contribution < 1.29 is 32.5 Å². The normalized spacial score (nSPS) is 19.7. The van der Waals surface area contributed by atoms with E-state index in [1.54, 1.807) is 12.1 Å². The first-order chi connectivity index (χ1) is 17.8. The van der Waals surface area contributed by atoms with Gasteiger partial charge in [-0.25, -0.2) is 8.42 Å². The van der Waals surface area contributed by atoms with Crippen LogP contribution in [0.5, 0.6) is 5.75 Å². The van der Waals surface area contributed by atoms with Crippen LogP contribution in [0.15, 0.2) is 69.7 Å². The van der Waals surface area contributed by atoms with E-state index >= 15 is 0 Å². The van der Waals surface area contributed by atoms with Gasteiger partial charge in [-0.3, -0.25) is 4.79 Å². The number of aliphatic hydroxyl groups is 1. The first kappa shape index (κ1) is 27.6. The van der Waals surface area contributed by atoms with Crippen molar-refractivity contribution in [2.75, 3.05) is 33.4 Å². The molecule has 1 heterocycles. The summed E-state index contributed by atoms with van der Waals surface area (Å²) in [7, 11) is -2.36. The number of rotatable bonds is 12. The molecule has 2 atom stereocenters. The summed E-state index contributed by atoms with van der Waals surface area (Å²) in [4.78, 5) is 12.8. The molecule has 1 fully saturated rings. The fourth-order valence-electron chi connectivity index (χ4n) is 3.99. The van der Waals surface area contributed by atoms with Gasteiger partial charge in [-0.1, -0.05) is 28.1 Å². The number of halogens is 1. The molecule has 37 heavy (non-hydrogen) atoms. The number of carbonyl (C=O) groups is 1. The van der Waals surface area contributed by atoms with E-state index in [1.807, 2.05) is 30.3 Å². The van der Waals surface area contributed by atoms with Crippen LogP contribution in [0.3, 0.4) is 0 Å². The van der Waals surface area contributed by atoms with Gasteiger partial charge >= 0.3 is 0 Å². The van der Waals surface area contributed by atoms with Gasteiger partial charge in [0.15, 0.2) is 5.76 Å². The molecule has 0 unspecified atom stereocenters. The molecule has 1 aliphatic carbocycles. The molecular formula is C26H31BrN2O7S. The van der Waals surface area contributed by atoms with Crippen LogP contribution in [0.2, 0.25) is 0 Å². The zero-order valence-corrected chi connectivity index (χ0v) is 22.9. The van der Waals surface area contributed by atoms with E-state index in [1.165, 1.54) is 23.5 Å². The molecule has 0 bridgehead atoms. The zero-order valence-electron chi connectivity index (χ0n) is 20.5. The summed E-state index contributed by atoms with van der Waals surface area (Å²) in [5, 5.41) is 12.4. The topological polar surface area (TPSA) is 114 Å². The average molecular weight is 596 g/mol. The molecule has 2 aromatic carbocycles. The standard InChI is InChI=1S/C26H31BrN2O7S/c1-34-22-8-10-23(11-9-22)37(32,33)29(12-14-30)13-15-35-25-17-19(18-2-4-20(27)5-3-18)16-24(36-25)26(31)28-21-6-7-21/h2-5,8-11,16,19,21,25,30H,6-7,12-15,17H2,1H3,(H,28,31)/t19-,25+/m0/s1. The Bertz CT molecular complexity index is 1200. The fraction of sp³-hybridized carbons (Fsp3) is 0.423. The summed E-state index contributed by atoms with van der Waals surface area (Å²) < 4.78 is 45.3. The number of nitrogens with one attached hydrogen (secondary N) is 1. The van der Waals surface area contributed by atoms with Gasteiger partial charge in [-0.2, -0.15) is 4.31 Å². The van der Waals surface area contributed by atoms with E-state index in [0.29, 0.717) is 12.2 Å². The first-order valence-corrected chi connectivity index (χ1v) is 14.3. The van der Waals surface area contributed by atoms with E-state index < -0.39 is 16.3 Å². The predicted octanol–water partition coefficient (Wildman–Crippen LogP) is 3.15. The van der Waals surface area contributed by atoms with Gasteiger partial charge in [0.05, 0.1) is 25.2 Å². The van der Waals surface area contributed by atoms with Gasteiger partial charge < -0.3 is 24.6 Å². The van der Waals surface area contributed by atoms with E-state index in [2.05, 4.69) is 21.2 Å². The fourth-order valence-corrected chi connectivity index (χ4v) is 5.67. The second-order valence-electron chi connectivity index (χ2n) is 8.89. The van der Waals surface area contributed by atoms with Crippen molar-refractivity contribution in [1.29, 1.82) is 0 Å². The van der Waals surface area contributed by atoms with E-state index in [4.69, 9.17) is 14.2 Å². The van der Waals surface area contributed by atoms with Gasteiger partial charge in [-0.15, -0.1) is 0 Å². The smallest absolute Gasteiger partial charge is 0.286 e. The highest BCUT2D eigenvalue weighted by atomic mass is 79.9. The van der Waals surface area contributed by atoms with E-state index in [0.717, 1.165) is 22.9 Å². The third-order valence-corrected chi connectivity index (χ3v) is 8.62. The van der Waals surface area contributed by atoms with Gasteiger partial charge in [0.1, 0.15) is 5.75 Å². The molecule has 2 N–H and O–H groups in total. The van der Waals surface area contributed by atoms with Gasteiger partial charge in [-0.05, 0) is 60.9 Å². The van der Waals surface area contributed by atoms with Crippen molar-refractivity contribution in [3.8, 4) is 5.75 Å². The minimum absolute atomic E-state index is 0.00501. The second-order valence-corrected chi connectivity index (χ2v) is 11.7. The molecule has 0 aromatic heterocycles. The maximum atomic E-state index is 13.1. The molecule has 2 aromatic rings. The van der Waals surface area contributed by atoms with Crippen LogP contribution in [0, 0.1) is 0 Å². The molecule has 1 saturated carbocycles. The number of methoxy groups -OCH3 is 1. The van der Waals surface area contributed by atoms with Crippen LogP contribution in [0.25, 0.3) is 0 Å². The lowest BCUT2D eigenvalue weighted by atomic mass is 9.93. The number of hydrogen-bond acceptors (Lipinski definition) is 7. The average Bonchev–Trinajstić information content (AvgIpc) is 3.72. The number of allylic oxidation sites excluding steroid dienone is 1. The third-order valence-electron chi connectivity index (χ3n) is 6.18. The van der Waals surface area contributed by atoms with Crippen LogP contribution in [0.1, 0.15) is 30.7 Å². The molecule has 2 aliphatic rings. The predicted molar refractivity (Wildman–Crippen MR) is 140 cm³/mol. The number of aliphatic hydroxyl groups excluding tert-OH is 1. The Kier molecular flexibility index (Phi) is 9.25. The molecule has 0 saturated heterocycles. The van der Waals surface area contributed by atoms with Gasteiger partial charge in [0, 0.05) is 35.9 Å². The van der Waals surface area contributed by atoms with E-state index in [-0.39, 0.29) is 54.8 Å². The number of ether oxygens (including phenoxy) is 3. The van der Waals surface area contributed by atoms with Gasteiger partial charge in [0.2, 0.25) is 16.3 Å². The molecule has 9 nitrogen and oxygen atoms in total. The maximum Gasteiger partial charge on any atom is 0.286 e. The third kappa shape index (κ3) is 7.32. The molecule has 0 spiro atoms. The number of carbonyl (C=O) groups excluding carboxylic acids is 1. The monoisotopic (exact) mass is 594 g/mol. The van der Waals surface area contributed by atoms with Gasteiger partial charge in [0.25, 0.3) is 5.91 Å². The summed E-state index contributed by atoms with van der Waals surface area (Å²) in [6.07, 6.45) is 3.45. The number of nitrogens with zero attached hydrogens (tertiary/aromatic N) is 1. The molecule has 1 amide bonds.